The number of anilines is 1. The van der Waals surface area contributed by atoms with Gasteiger partial charge in [0, 0.05) is 29.2 Å². The maximum atomic E-state index is 6.01. The van der Waals surface area contributed by atoms with Crippen molar-refractivity contribution < 1.29 is 0 Å². The number of aromatic nitrogens is 2. The molecule has 1 heterocycles. The zero-order chi connectivity index (χ0) is 14.8. The molecule has 0 saturated heterocycles. The average Bonchev–Trinajstić information content (AvgIpc) is 2.38. The van der Waals surface area contributed by atoms with E-state index in [4.69, 9.17) is 5.73 Å². The highest BCUT2D eigenvalue weighted by Crippen LogP contribution is 2.20. The van der Waals surface area contributed by atoms with Gasteiger partial charge in [0.1, 0.15) is 0 Å². The van der Waals surface area contributed by atoms with E-state index < -0.39 is 0 Å². The van der Waals surface area contributed by atoms with Crippen molar-refractivity contribution in [1.82, 2.24) is 10.2 Å². The van der Waals surface area contributed by atoms with E-state index in [-0.39, 0.29) is 5.54 Å². The SMILES string of the molecule is CN(CC(C)(C)N)c1ccc(-c2ccc(Br)cc2)nn1. The summed E-state index contributed by atoms with van der Waals surface area (Å²) < 4.78 is 1.05. The molecule has 106 valence electrons. The van der Waals surface area contributed by atoms with E-state index in [1.807, 2.05) is 62.2 Å². The van der Waals surface area contributed by atoms with Gasteiger partial charge < -0.3 is 10.6 Å². The lowest BCUT2D eigenvalue weighted by molar-refractivity contribution is 0.516. The fraction of sp³-hybridized carbons (Fsp3) is 0.333. The summed E-state index contributed by atoms with van der Waals surface area (Å²) in [6.07, 6.45) is 0. The van der Waals surface area contributed by atoms with Gasteiger partial charge >= 0.3 is 0 Å². The van der Waals surface area contributed by atoms with Crippen LogP contribution in [0.4, 0.5) is 5.82 Å². The molecule has 5 heteroatoms. The Labute approximate surface area is 128 Å². The molecular weight excluding hydrogens is 316 g/mol. The summed E-state index contributed by atoms with van der Waals surface area (Å²) >= 11 is 3.42. The van der Waals surface area contributed by atoms with Gasteiger partial charge in [0.2, 0.25) is 0 Å². The van der Waals surface area contributed by atoms with Gasteiger partial charge in [-0.3, -0.25) is 0 Å². The number of hydrogen-bond donors (Lipinski definition) is 1. The van der Waals surface area contributed by atoms with Gasteiger partial charge in [-0.05, 0) is 38.1 Å². The Balaban J connectivity index is 2.16. The number of benzene rings is 1. The molecule has 1 aromatic carbocycles. The lowest BCUT2D eigenvalue weighted by Gasteiger charge is -2.26. The van der Waals surface area contributed by atoms with Crippen LogP contribution >= 0.6 is 15.9 Å². The summed E-state index contributed by atoms with van der Waals surface area (Å²) in [5.74, 6) is 0.824. The molecule has 0 saturated carbocycles. The fourth-order valence-corrected chi connectivity index (χ4v) is 2.26. The van der Waals surface area contributed by atoms with Gasteiger partial charge in [0.25, 0.3) is 0 Å². The first-order valence-electron chi connectivity index (χ1n) is 6.45. The van der Waals surface area contributed by atoms with Crippen LogP contribution in [0.3, 0.4) is 0 Å². The van der Waals surface area contributed by atoms with Crippen LogP contribution in [0.1, 0.15) is 13.8 Å². The van der Waals surface area contributed by atoms with Crippen LogP contribution in [0.25, 0.3) is 11.3 Å². The molecule has 0 atom stereocenters. The van der Waals surface area contributed by atoms with Gasteiger partial charge in [0.15, 0.2) is 5.82 Å². The highest BCUT2D eigenvalue weighted by molar-refractivity contribution is 9.10. The predicted octanol–water partition coefficient (Wildman–Crippen LogP) is 3.08. The number of nitrogens with zero attached hydrogens (tertiary/aromatic N) is 3. The minimum atomic E-state index is -0.263. The molecule has 1 aromatic heterocycles. The van der Waals surface area contributed by atoms with Crippen molar-refractivity contribution in [3.63, 3.8) is 0 Å². The molecule has 0 radical (unpaired) electrons. The monoisotopic (exact) mass is 334 g/mol. The second kappa shape index (κ2) is 5.89. The summed E-state index contributed by atoms with van der Waals surface area (Å²) in [5.41, 5.74) is 7.66. The minimum Gasteiger partial charge on any atom is -0.356 e. The van der Waals surface area contributed by atoms with Crippen molar-refractivity contribution in [3.8, 4) is 11.3 Å². The number of halogens is 1. The van der Waals surface area contributed by atoms with Crippen LogP contribution in [-0.4, -0.2) is 29.3 Å². The standard InChI is InChI=1S/C15H19BrN4/c1-15(2,17)10-20(3)14-9-8-13(18-19-14)11-4-6-12(16)7-5-11/h4-9H,10,17H2,1-3H3. The molecular formula is C15H19BrN4. The molecule has 0 aliphatic heterocycles. The van der Waals surface area contributed by atoms with Crippen LogP contribution in [0, 0.1) is 0 Å². The maximum absolute atomic E-state index is 6.01. The number of likely N-dealkylation sites (N-methyl/N-ethyl adjacent to an activating group) is 1. The van der Waals surface area contributed by atoms with Gasteiger partial charge in [-0.25, -0.2) is 0 Å². The highest BCUT2D eigenvalue weighted by atomic mass is 79.9. The second-order valence-electron chi connectivity index (χ2n) is 5.63. The Bertz CT molecular complexity index is 558. The van der Waals surface area contributed by atoms with Gasteiger partial charge in [-0.15, -0.1) is 10.2 Å². The Morgan fingerprint density at radius 2 is 1.75 bits per heavy atom. The molecule has 20 heavy (non-hydrogen) atoms. The highest BCUT2D eigenvalue weighted by Gasteiger charge is 2.15. The third kappa shape index (κ3) is 4.02. The molecule has 0 fully saturated rings. The van der Waals surface area contributed by atoms with Crippen LogP contribution in [0.2, 0.25) is 0 Å². The molecule has 0 aliphatic carbocycles. The predicted molar refractivity (Wildman–Crippen MR) is 86.7 cm³/mol. The summed E-state index contributed by atoms with van der Waals surface area (Å²) in [7, 11) is 1.97. The van der Waals surface area contributed by atoms with Crippen LogP contribution in [-0.2, 0) is 0 Å². The van der Waals surface area contributed by atoms with Crippen molar-refractivity contribution in [2.75, 3.05) is 18.5 Å². The molecule has 0 aliphatic rings. The lowest BCUT2D eigenvalue weighted by Crippen LogP contribution is -2.44. The van der Waals surface area contributed by atoms with E-state index in [9.17, 15) is 0 Å². The van der Waals surface area contributed by atoms with Crippen molar-refractivity contribution >= 4 is 21.7 Å². The molecule has 4 nitrogen and oxygen atoms in total. The van der Waals surface area contributed by atoms with Crippen molar-refractivity contribution in [2.24, 2.45) is 5.73 Å². The molecule has 0 unspecified atom stereocenters. The fourth-order valence-electron chi connectivity index (χ4n) is 2.00. The zero-order valence-electron chi connectivity index (χ0n) is 12.0. The van der Waals surface area contributed by atoms with Crippen molar-refractivity contribution in [2.45, 2.75) is 19.4 Å². The van der Waals surface area contributed by atoms with E-state index in [0.717, 1.165) is 28.1 Å². The van der Waals surface area contributed by atoms with E-state index in [0.29, 0.717) is 0 Å². The Hall–Kier alpha value is -1.46. The lowest BCUT2D eigenvalue weighted by atomic mass is 10.1. The Morgan fingerprint density at radius 3 is 2.25 bits per heavy atom. The first-order chi connectivity index (χ1) is 9.35. The maximum Gasteiger partial charge on any atom is 0.151 e. The largest absolute Gasteiger partial charge is 0.356 e. The number of hydrogen-bond acceptors (Lipinski definition) is 4. The summed E-state index contributed by atoms with van der Waals surface area (Å²) in [4.78, 5) is 2.01. The first kappa shape index (κ1) is 14.9. The van der Waals surface area contributed by atoms with E-state index in [1.165, 1.54) is 0 Å². The van der Waals surface area contributed by atoms with Crippen LogP contribution in [0.15, 0.2) is 40.9 Å². The Morgan fingerprint density at radius 1 is 1.10 bits per heavy atom. The third-order valence-electron chi connectivity index (χ3n) is 2.83. The van der Waals surface area contributed by atoms with Crippen molar-refractivity contribution in [1.29, 1.82) is 0 Å². The first-order valence-corrected chi connectivity index (χ1v) is 7.24. The molecule has 0 amide bonds. The van der Waals surface area contributed by atoms with Gasteiger partial charge in [0.05, 0.1) is 5.69 Å². The topological polar surface area (TPSA) is 55.0 Å². The molecule has 2 rings (SSSR count). The zero-order valence-corrected chi connectivity index (χ0v) is 13.6. The molecule has 0 spiro atoms. The smallest absolute Gasteiger partial charge is 0.151 e. The number of nitrogens with two attached hydrogens (primary N) is 1. The summed E-state index contributed by atoms with van der Waals surface area (Å²) in [5, 5.41) is 8.55. The Kier molecular flexibility index (Phi) is 4.40. The van der Waals surface area contributed by atoms with E-state index in [1.54, 1.807) is 0 Å². The van der Waals surface area contributed by atoms with Gasteiger partial charge in [-0.1, -0.05) is 28.1 Å². The van der Waals surface area contributed by atoms with Crippen molar-refractivity contribution in [3.05, 3.63) is 40.9 Å². The third-order valence-corrected chi connectivity index (χ3v) is 3.35. The second-order valence-corrected chi connectivity index (χ2v) is 6.54. The molecule has 2 aromatic rings. The quantitative estimate of drug-likeness (QED) is 0.933. The molecule has 0 bridgehead atoms. The minimum absolute atomic E-state index is 0.263. The number of rotatable bonds is 4. The van der Waals surface area contributed by atoms with Crippen LogP contribution in [0.5, 0.6) is 0 Å². The average molecular weight is 335 g/mol. The van der Waals surface area contributed by atoms with Gasteiger partial charge in [-0.2, -0.15) is 0 Å². The molecule has 2 N–H and O–H groups in total. The normalized spacial score (nSPS) is 11.4. The van der Waals surface area contributed by atoms with E-state index in [2.05, 4.69) is 26.1 Å². The summed E-state index contributed by atoms with van der Waals surface area (Å²) in [6.45, 7) is 4.71. The van der Waals surface area contributed by atoms with E-state index >= 15 is 0 Å². The van der Waals surface area contributed by atoms with Crippen LogP contribution < -0.4 is 10.6 Å². The summed E-state index contributed by atoms with van der Waals surface area (Å²) in [6, 6.07) is 12.0.